The Kier molecular flexibility index (Phi) is 3.38. The van der Waals surface area contributed by atoms with Crippen LogP contribution in [0.3, 0.4) is 0 Å². The van der Waals surface area contributed by atoms with Crippen molar-refractivity contribution in [3.8, 4) is 11.4 Å². The lowest BCUT2D eigenvalue weighted by molar-refractivity contribution is 0.426. The highest BCUT2D eigenvalue weighted by molar-refractivity contribution is 5.93. The molecule has 0 fully saturated rings. The fourth-order valence-electron chi connectivity index (χ4n) is 3.78. The number of benzene rings is 2. The molecule has 2 heterocycles. The molecule has 3 aromatic rings. The van der Waals surface area contributed by atoms with Gasteiger partial charge in [0.1, 0.15) is 5.82 Å². The molecule has 1 aliphatic heterocycles. The molecule has 2 aromatic carbocycles. The van der Waals surface area contributed by atoms with E-state index in [4.69, 9.17) is 4.98 Å². The van der Waals surface area contributed by atoms with Crippen LogP contribution in [0.15, 0.2) is 54.6 Å². The Labute approximate surface area is 143 Å². The highest BCUT2D eigenvalue weighted by atomic mass is 15.1. The summed E-state index contributed by atoms with van der Waals surface area (Å²) in [6.07, 6.45) is 3.50. The van der Waals surface area contributed by atoms with Crippen LogP contribution in [0.5, 0.6) is 0 Å². The van der Waals surface area contributed by atoms with Crippen LogP contribution in [-0.4, -0.2) is 9.55 Å². The highest BCUT2D eigenvalue weighted by Gasteiger charge is 2.26. The number of imidazole rings is 1. The Hall–Kier alpha value is -2.35. The lowest BCUT2D eigenvalue weighted by Gasteiger charge is -2.27. The summed E-state index contributed by atoms with van der Waals surface area (Å²) in [6, 6.07) is 17.3. The lowest BCUT2D eigenvalue weighted by Crippen LogP contribution is -2.14. The quantitative estimate of drug-likeness (QED) is 0.558. The minimum absolute atomic E-state index is 0.276. The Morgan fingerprint density at radius 2 is 1.75 bits per heavy atom. The monoisotopic (exact) mass is 316 g/mol. The summed E-state index contributed by atoms with van der Waals surface area (Å²) in [4.78, 5) is 4.97. The summed E-state index contributed by atoms with van der Waals surface area (Å²) in [7, 11) is 0. The molecule has 0 N–H and O–H groups in total. The van der Waals surface area contributed by atoms with Crippen LogP contribution < -0.4 is 0 Å². The first-order valence-corrected chi connectivity index (χ1v) is 8.71. The molecule has 0 aliphatic carbocycles. The Bertz CT molecular complexity index is 924. The van der Waals surface area contributed by atoms with Gasteiger partial charge in [0.05, 0.1) is 17.1 Å². The number of nitrogens with zero attached hydrogens (tertiary/aromatic N) is 2. The first kappa shape index (κ1) is 15.2. The van der Waals surface area contributed by atoms with Gasteiger partial charge in [-0.05, 0) is 30.4 Å². The molecule has 1 atom stereocenters. The van der Waals surface area contributed by atoms with Crippen molar-refractivity contribution in [3.05, 3.63) is 60.2 Å². The molecule has 0 saturated carbocycles. The molecule has 1 aromatic heterocycles. The standard InChI is InChI=1S/C22H24N2/c1-15-13-17(14-22(2,3)4)18-11-8-12-19-20(18)24(15)21(23-19)16-9-6-5-7-10-16/h5-13,15H,14H2,1-4H3. The van der Waals surface area contributed by atoms with Gasteiger partial charge in [-0.3, -0.25) is 0 Å². The lowest BCUT2D eigenvalue weighted by atomic mass is 9.83. The third kappa shape index (κ3) is 2.47. The van der Waals surface area contributed by atoms with Crippen molar-refractivity contribution in [1.82, 2.24) is 9.55 Å². The van der Waals surface area contributed by atoms with Gasteiger partial charge in [-0.2, -0.15) is 0 Å². The van der Waals surface area contributed by atoms with Gasteiger partial charge < -0.3 is 4.57 Å². The van der Waals surface area contributed by atoms with Crippen molar-refractivity contribution in [2.75, 3.05) is 0 Å². The summed E-state index contributed by atoms with van der Waals surface area (Å²) < 4.78 is 2.40. The maximum atomic E-state index is 4.97. The van der Waals surface area contributed by atoms with Crippen molar-refractivity contribution in [2.45, 2.75) is 40.2 Å². The zero-order valence-electron chi connectivity index (χ0n) is 14.9. The van der Waals surface area contributed by atoms with Crippen molar-refractivity contribution in [2.24, 2.45) is 5.41 Å². The molecule has 0 amide bonds. The molecular weight excluding hydrogens is 292 g/mol. The number of rotatable bonds is 2. The second-order valence-corrected chi connectivity index (χ2v) is 8.01. The molecule has 122 valence electrons. The molecule has 0 saturated heterocycles. The predicted molar refractivity (Wildman–Crippen MR) is 102 cm³/mol. The first-order valence-electron chi connectivity index (χ1n) is 8.71. The second-order valence-electron chi connectivity index (χ2n) is 8.01. The highest BCUT2D eigenvalue weighted by Crippen LogP contribution is 2.41. The van der Waals surface area contributed by atoms with E-state index in [9.17, 15) is 0 Å². The number of hydrogen-bond acceptors (Lipinski definition) is 1. The summed E-state index contributed by atoms with van der Waals surface area (Å²) in [5, 5.41) is 0. The van der Waals surface area contributed by atoms with Gasteiger partial charge in [-0.25, -0.2) is 4.98 Å². The van der Waals surface area contributed by atoms with Gasteiger partial charge in [0.15, 0.2) is 0 Å². The maximum Gasteiger partial charge on any atom is 0.141 e. The minimum Gasteiger partial charge on any atom is -0.317 e. The third-order valence-corrected chi connectivity index (χ3v) is 4.66. The summed E-state index contributed by atoms with van der Waals surface area (Å²) >= 11 is 0. The van der Waals surface area contributed by atoms with Crippen LogP contribution in [0.4, 0.5) is 0 Å². The van der Waals surface area contributed by atoms with Crippen LogP contribution in [0.1, 0.15) is 45.7 Å². The fourth-order valence-corrected chi connectivity index (χ4v) is 3.78. The first-order chi connectivity index (χ1) is 11.4. The Balaban J connectivity index is 1.95. The summed E-state index contributed by atoms with van der Waals surface area (Å²) in [5.41, 5.74) is 6.63. The molecule has 4 rings (SSSR count). The average Bonchev–Trinajstić information content (AvgIpc) is 2.92. The molecule has 1 aliphatic rings. The van der Waals surface area contributed by atoms with Crippen LogP contribution >= 0.6 is 0 Å². The predicted octanol–water partition coefficient (Wildman–Crippen LogP) is 6.10. The number of para-hydroxylation sites is 1. The normalized spacial score (nSPS) is 17.2. The van der Waals surface area contributed by atoms with Gasteiger partial charge in [-0.1, -0.05) is 69.3 Å². The van der Waals surface area contributed by atoms with E-state index in [0.29, 0.717) is 6.04 Å². The molecule has 1 unspecified atom stereocenters. The van der Waals surface area contributed by atoms with Crippen LogP contribution in [0.2, 0.25) is 0 Å². The van der Waals surface area contributed by atoms with Crippen LogP contribution in [0.25, 0.3) is 28.0 Å². The summed E-state index contributed by atoms with van der Waals surface area (Å²) in [6.45, 7) is 9.19. The SMILES string of the molecule is CC1C=C(CC(C)(C)C)c2cccc3nc(-c4ccccc4)n1c23. The van der Waals surface area contributed by atoms with Crippen molar-refractivity contribution < 1.29 is 0 Å². The Morgan fingerprint density at radius 1 is 1.00 bits per heavy atom. The minimum atomic E-state index is 0.276. The molecule has 0 radical (unpaired) electrons. The number of allylic oxidation sites excluding steroid dienone is 2. The largest absolute Gasteiger partial charge is 0.317 e. The van der Waals surface area contributed by atoms with Gasteiger partial charge in [-0.15, -0.1) is 0 Å². The van der Waals surface area contributed by atoms with Crippen molar-refractivity contribution in [1.29, 1.82) is 0 Å². The van der Waals surface area contributed by atoms with Crippen LogP contribution in [0, 0.1) is 5.41 Å². The van der Waals surface area contributed by atoms with E-state index >= 15 is 0 Å². The topological polar surface area (TPSA) is 17.8 Å². The van der Waals surface area contributed by atoms with Crippen molar-refractivity contribution in [3.63, 3.8) is 0 Å². The maximum absolute atomic E-state index is 4.97. The number of aromatic nitrogens is 2. The summed E-state index contributed by atoms with van der Waals surface area (Å²) in [5.74, 6) is 1.07. The zero-order valence-corrected chi connectivity index (χ0v) is 14.9. The molecule has 0 spiro atoms. The number of hydrogen-bond donors (Lipinski definition) is 0. The smallest absolute Gasteiger partial charge is 0.141 e. The molecule has 0 bridgehead atoms. The molecule has 24 heavy (non-hydrogen) atoms. The van der Waals surface area contributed by atoms with E-state index in [2.05, 4.69) is 86.9 Å². The van der Waals surface area contributed by atoms with Gasteiger partial charge in [0, 0.05) is 11.1 Å². The van der Waals surface area contributed by atoms with Gasteiger partial charge in [0.25, 0.3) is 0 Å². The second kappa shape index (κ2) is 5.34. The van der Waals surface area contributed by atoms with Crippen molar-refractivity contribution >= 4 is 16.6 Å². The van der Waals surface area contributed by atoms with E-state index < -0.39 is 0 Å². The van der Waals surface area contributed by atoms with E-state index in [1.165, 1.54) is 22.2 Å². The third-order valence-electron chi connectivity index (χ3n) is 4.66. The molecular formula is C22H24N2. The Morgan fingerprint density at radius 3 is 2.46 bits per heavy atom. The average molecular weight is 316 g/mol. The van der Waals surface area contributed by atoms with Gasteiger partial charge in [0.2, 0.25) is 0 Å². The van der Waals surface area contributed by atoms with Crippen LogP contribution in [-0.2, 0) is 0 Å². The fraction of sp³-hybridized carbons (Fsp3) is 0.318. The molecule has 2 nitrogen and oxygen atoms in total. The van der Waals surface area contributed by atoms with E-state index in [1.54, 1.807) is 0 Å². The van der Waals surface area contributed by atoms with E-state index in [0.717, 1.165) is 17.8 Å². The van der Waals surface area contributed by atoms with E-state index in [-0.39, 0.29) is 5.41 Å². The molecule has 2 heteroatoms. The van der Waals surface area contributed by atoms with Gasteiger partial charge >= 0.3 is 0 Å². The zero-order chi connectivity index (χ0) is 16.9. The van der Waals surface area contributed by atoms with E-state index in [1.807, 2.05) is 0 Å².